The predicted molar refractivity (Wildman–Crippen MR) is 51.9 cm³/mol. The Morgan fingerprint density at radius 2 is 2.50 bits per heavy atom. The molecule has 0 bridgehead atoms. The number of hydrogen-bond acceptors (Lipinski definition) is 5. The van der Waals surface area contributed by atoms with Crippen molar-refractivity contribution in [3.63, 3.8) is 0 Å². The predicted octanol–water partition coefficient (Wildman–Crippen LogP) is 0.836. The third-order valence-electron chi connectivity index (χ3n) is 1.79. The highest BCUT2D eigenvalue weighted by Gasteiger charge is 2.06. The van der Waals surface area contributed by atoms with Crippen molar-refractivity contribution in [1.82, 2.24) is 20.0 Å². The Bertz CT molecular complexity index is 395. The minimum atomic E-state index is -0.565. The Hall–Kier alpha value is -1.27. The molecule has 14 heavy (non-hydrogen) atoms. The van der Waals surface area contributed by atoms with Crippen LogP contribution in [0.4, 0.5) is 0 Å². The fraction of sp³-hybridized carbons (Fsp3) is 0.375. The Morgan fingerprint density at radius 3 is 3.07 bits per heavy atom. The fourth-order valence-corrected chi connectivity index (χ4v) is 1.65. The SMILES string of the molecule is CC(O)c1cn(Cc2cncs2)nn1. The van der Waals surface area contributed by atoms with E-state index in [1.54, 1.807) is 40.8 Å². The summed E-state index contributed by atoms with van der Waals surface area (Å²) >= 11 is 1.57. The van der Waals surface area contributed by atoms with Crippen LogP contribution in [0, 0.1) is 0 Å². The minimum Gasteiger partial charge on any atom is -0.387 e. The molecule has 2 aromatic rings. The molecule has 1 atom stereocenters. The summed E-state index contributed by atoms with van der Waals surface area (Å²) in [5.74, 6) is 0. The van der Waals surface area contributed by atoms with Gasteiger partial charge >= 0.3 is 0 Å². The van der Waals surface area contributed by atoms with Crippen LogP contribution in [0.5, 0.6) is 0 Å². The standard InChI is InChI=1S/C8H10N4OS/c1-6(13)8-4-12(11-10-8)3-7-2-9-5-14-7/h2,4-6,13H,3H2,1H3. The van der Waals surface area contributed by atoms with Gasteiger partial charge in [-0.25, -0.2) is 4.68 Å². The van der Waals surface area contributed by atoms with Gasteiger partial charge in [-0.3, -0.25) is 4.98 Å². The van der Waals surface area contributed by atoms with E-state index in [4.69, 9.17) is 0 Å². The monoisotopic (exact) mass is 210 g/mol. The molecule has 6 heteroatoms. The first-order valence-electron chi connectivity index (χ1n) is 4.21. The molecule has 0 radical (unpaired) electrons. The van der Waals surface area contributed by atoms with Crippen LogP contribution < -0.4 is 0 Å². The highest BCUT2D eigenvalue weighted by atomic mass is 32.1. The summed E-state index contributed by atoms with van der Waals surface area (Å²) in [5, 5.41) is 17.0. The molecule has 0 saturated heterocycles. The number of thiazole rings is 1. The molecule has 0 fully saturated rings. The Kier molecular flexibility index (Phi) is 2.55. The smallest absolute Gasteiger partial charge is 0.111 e. The van der Waals surface area contributed by atoms with E-state index in [9.17, 15) is 5.11 Å². The lowest BCUT2D eigenvalue weighted by Gasteiger charge is -1.96. The van der Waals surface area contributed by atoms with E-state index in [0.29, 0.717) is 12.2 Å². The Balaban J connectivity index is 2.11. The number of rotatable bonds is 3. The van der Waals surface area contributed by atoms with Gasteiger partial charge in [-0.15, -0.1) is 16.4 Å². The molecule has 5 nitrogen and oxygen atoms in total. The third-order valence-corrected chi connectivity index (χ3v) is 2.55. The molecule has 2 heterocycles. The van der Waals surface area contributed by atoms with Gasteiger partial charge in [0.15, 0.2) is 0 Å². The van der Waals surface area contributed by atoms with E-state index in [1.807, 2.05) is 0 Å². The zero-order chi connectivity index (χ0) is 9.97. The maximum Gasteiger partial charge on any atom is 0.111 e. The first kappa shape index (κ1) is 9.29. The zero-order valence-electron chi connectivity index (χ0n) is 7.66. The maximum atomic E-state index is 9.24. The molecule has 0 saturated carbocycles. The quantitative estimate of drug-likeness (QED) is 0.815. The van der Waals surface area contributed by atoms with Crippen LogP contribution in [0.2, 0.25) is 0 Å². The van der Waals surface area contributed by atoms with E-state index in [-0.39, 0.29) is 0 Å². The molecule has 0 aliphatic heterocycles. The summed E-state index contributed by atoms with van der Waals surface area (Å²) in [7, 11) is 0. The largest absolute Gasteiger partial charge is 0.387 e. The molecular formula is C8H10N4OS. The molecule has 0 aromatic carbocycles. The fourth-order valence-electron chi connectivity index (χ4n) is 1.06. The van der Waals surface area contributed by atoms with Crippen molar-refractivity contribution in [3.05, 3.63) is 28.5 Å². The second kappa shape index (κ2) is 3.85. The Labute approximate surface area is 85.0 Å². The maximum absolute atomic E-state index is 9.24. The molecule has 2 aromatic heterocycles. The average molecular weight is 210 g/mol. The second-order valence-electron chi connectivity index (χ2n) is 2.98. The zero-order valence-corrected chi connectivity index (χ0v) is 8.48. The Morgan fingerprint density at radius 1 is 1.64 bits per heavy atom. The molecule has 0 aliphatic rings. The summed E-state index contributed by atoms with van der Waals surface area (Å²) in [6.45, 7) is 2.32. The van der Waals surface area contributed by atoms with Crippen LogP contribution >= 0.6 is 11.3 Å². The highest BCUT2D eigenvalue weighted by molar-refractivity contribution is 7.09. The average Bonchev–Trinajstić information content (AvgIpc) is 2.75. The van der Waals surface area contributed by atoms with Crippen molar-refractivity contribution in [2.45, 2.75) is 19.6 Å². The second-order valence-corrected chi connectivity index (χ2v) is 3.96. The van der Waals surface area contributed by atoms with E-state index >= 15 is 0 Å². The molecule has 1 unspecified atom stereocenters. The van der Waals surface area contributed by atoms with E-state index < -0.39 is 6.10 Å². The summed E-state index contributed by atoms with van der Waals surface area (Å²) in [5.41, 5.74) is 2.37. The third kappa shape index (κ3) is 1.97. The van der Waals surface area contributed by atoms with Gasteiger partial charge in [0.2, 0.25) is 0 Å². The van der Waals surface area contributed by atoms with Crippen LogP contribution in [-0.4, -0.2) is 25.1 Å². The van der Waals surface area contributed by atoms with Crippen LogP contribution in [0.15, 0.2) is 17.9 Å². The van der Waals surface area contributed by atoms with Crippen molar-refractivity contribution >= 4 is 11.3 Å². The number of aliphatic hydroxyl groups is 1. The van der Waals surface area contributed by atoms with E-state index in [2.05, 4.69) is 15.3 Å². The lowest BCUT2D eigenvalue weighted by molar-refractivity contribution is 0.194. The molecular weight excluding hydrogens is 200 g/mol. The molecule has 2 rings (SSSR count). The molecule has 0 spiro atoms. The normalized spacial score (nSPS) is 13.0. The number of aromatic nitrogens is 4. The molecule has 0 aliphatic carbocycles. The van der Waals surface area contributed by atoms with Crippen LogP contribution in [0.1, 0.15) is 23.6 Å². The first-order chi connectivity index (χ1) is 6.75. The molecule has 1 N–H and O–H groups in total. The van der Waals surface area contributed by atoms with Gasteiger partial charge in [-0.2, -0.15) is 0 Å². The van der Waals surface area contributed by atoms with Crippen molar-refractivity contribution in [2.75, 3.05) is 0 Å². The molecule has 0 amide bonds. The van der Waals surface area contributed by atoms with Gasteiger partial charge in [-0.05, 0) is 6.92 Å². The van der Waals surface area contributed by atoms with Crippen molar-refractivity contribution in [1.29, 1.82) is 0 Å². The lowest BCUT2D eigenvalue weighted by atomic mass is 10.3. The van der Waals surface area contributed by atoms with Gasteiger partial charge in [0, 0.05) is 11.1 Å². The summed E-state index contributed by atoms with van der Waals surface area (Å²) in [6, 6.07) is 0. The number of nitrogens with zero attached hydrogens (tertiary/aromatic N) is 4. The van der Waals surface area contributed by atoms with Crippen LogP contribution in [0.3, 0.4) is 0 Å². The van der Waals surface area contributed by atoms with Gasteiger partial charge in [0.05, 0.1) is 24.4 Å². The summed E-state index contributed by atoms with van der Waals surface area (Å²) in [6.07, 6.45) is 2.98. The number of hydrogen-bond donors (Lipinski definition) is 1. The van der Waals surface area contributed by atoms with Crippen LogP contribution in [0.25, 0.3) is 0 Å². The molecule has 74 valence electrons. The van der Waals surface area contributed by atoms with E-state index in [1.165, 1.54) is 0 Å². The first-order valence-corrected chi connectivity index (χ1v) is 5.09. The highest BCUT2D eigenvalue weighted by Crippen LogP contribution is 2.10. The van der Waals surface area contributed by atoms with Gasteiger partial charge in [0.1, 0.15) is 5.69 Å². The van der Waals surface area contributed by atoms with Crippen molar-refractivity contribution < 1.29 is 5.11 Å². The minimum absolute atomic E-state index is 0.565. The van der Waals surface area contributed by atoms with Gasteiger partial charge < -0.3 is 5.11 Å². The van der Waals surface area contributed by atoms with Gasteiger partial charge in [-0.1, -0.05) is 5.21 Å². The topological polar surface area (TPSA) is 63.8 Å². The van der Waals surface area contributed by atoms with Crippen molar-refractivity contribution in [2.24, 2.45) is 0 Å². The lowest BCUT2D eigenvalue weighted by Crippen LogP contribution is -1.98. The van der Waals surface area contributed by atoms with Crippen molar-refractivity contribution in [3.8, 4) is 0 Å². The van der Waals surface area contributed by atoms with E-state index in [0.717, 1.165) is 4.88 Å². The van der Waals surface area contributed by atoms with Gasteiger partial charge in [0.25, 0.3) is 0 Å². The summed E-state index contributed by atoms with van der Waals surface area (Å²) in [4.78, 5) is 5.09. The number of aliphatic hydroxyl groups excluding tert-OH is 1. The summed E-state index contributed by atoms with van der Waals surface area (Å²) < 4.78 is 1.69. The van der Waals surface area contributed by atoms with Crippen LogP contribution in [-0.2, 0) is 6.54 Å².